The summed E-state index contributed by atoms with van der Waals surface area (Å²) in [7, 11) is 0. The smallest absolute Gasteiger partial charge is 0.300 e. The lowest BCUT2D eigenvalue weighted by Gasteiger charge is -2.27. The highest BCUT2D eigenvalue weighted by atomic mass is 35.5. The summed E-state index contributed by atoms with van der Waals surface area (Å²) in [6, 6.07) is 15.3. The van der Waals surface area contributed by atoms with Gasteiger partial charge in [-0.2, -0.15) is 0 Å². The number of aliphatic hydroxyl groups excluding tert-OH is 1. The van der Waals surface area contributed by atoms with Crippen LogP contribution in [0.25, 0.3) is 5.76 Å². The molecular formula is C28H26ClNO6. The topological polar surface area (TPSA) is 96.3 Å². The maximum Gasteiger partial charge on any atom is 0.300 e. The van der Waals surface area contributed by atoms with E-state index < -0.39 is 17.7 Å². The summed E-state index contributed by atoms with van der Waals surface area (Å²) in [6.45, 7) is 6.18. The monoisotopic (exact) mass is 507 g/mol. The molecule has 0 spiro atoms. The molecule has 1 fully saturated rings. The van der Waals surface area contributed by atoms with E-state index in [4.69, 9.17) is 21.1 Å². The number of halogens is 1. The number of rotatable bonds is 7. The van der Waals surface area contributed by atoms with Gasteiger partial charge in [-0.25, -0.2) is 0 Å². The van der Waals surface area contributed by atoms with Crippen LogP contribution >= 0.6 is 11.6 Å². The maximum absolute atomic E-state index is 13.4. The van der Waals surface area contributed by atoms with Crippen molar-refractivity contribution < 1.29 is 29.3 Å². The first kappa shape index (κ1) is 25.1. The van der Waals surface area contributed by atoms with E-state index in [-0.39, 0.29) is 22.8 Å². The Morgan fingerprint density at radius 2 is 1.69 bits per heavy atom. The molecule has 8 heteroatoms. The molecule has 0 radical (unpaired) electrons. The van der Waals surface area contributed by atoms with Crippen LogP contribution in [0.1, 0.15) is 36.6 Å². The number of phenols is 1. The zero-order valence-electron chi connectivity index (χ0n) is 20.1. The van der Waals surface area contributed by atoms with Gasteiger partial charge in [0, 0.05) is 16.3 Å². The second-order valence-electron chi connectivity index (χ2n) is 8.17. The second kappa shape index (κ2) is 10.3. The zero-order chi connectivity index (χ0) is 26.0. The molecule has 186 valence electrons. The van der Waals surface area contributed by atoms with Gasteiger partial charge in [0.1, 0.15) is 11.5 Å². The molecule has 1 heterocycles. The summed E-state index contributed by atoms with van der Waals surface area (Å²) < 4.78 is 11.0. The molecule has 1 atom stereocenters. The first-order valence-corrected chi connectivity index (χ1v) is 11.9. The van der Waals surface area contributed by atoms with Crippen molar-refractivity contribution in [2.45, 2.75) is 26.8 Å². The van der Waals surface area contributed by atoms with Crippen LogP contribution in [-0.4, -0.2) is 35.1 Å². The molecule has 1 aliphatic rings. The van der Waals surface area contributed by atoms with E-state index >= 15 is 0 Å². The summed E-state index contributed by atoms with van der Waals surface area (Å²) in [4.78, 5) is 28.1. The summed E-state index contributed by atoms with van der Waals surface area (Å²) in [5.41, 5.74) is 1.79. The molecule has 36 heavy (non-hydrogen) atoms. The van der Waals surface area contributed by atoms with Crippen LogP contribution in [0, 0.1) is 6.92 Å². The van der Waals surface area contributed by atoms with Crippen molar-refractivity contribution in [3.8, 4) is 17.2 Å². The molecule has 2 N–H and O–H groups in total. The summed E-state index contributed by atoms with van der Waals surface area (Å²) in [5, 5.41) is 22.0. The first-order valence-electron chi connectivity index (χ1n) is 11.5. The number of Topliss-reactive ketones (excluding diaryl/α,β-unsaturated/α-hetero) is 1. The third-order valence-electron chi connectivity index (χ3n) is 5.98. The van der Waals surface area contributed by atoms with Gasteiger partial charge in [-0.1, -0.05) is 23.7 Å². The number of aliphatic hydroxyl groups is 1. The van der Waals surface area contributed by atoms with Gasteiger partial charge in [0.15, 0.2) is 11.5 Å². The fourth-order valence-corrected chi connectivity index (χ4v) is 4.43. The fourth-order valence-electron chi connectivity index (χ4n) is 4.26. The van der Waals surface area contributed by atoms with Crippen LogP contribution in [0.4, 0.5) is 5.69 Å². The number of carbonyl (C=O) groups is 2. The van der Waals surface area contributed by atoms with Crippen molar-refractivity contribution in [3.63, 3.8) is 0 Å². The molecule has 0 aromatic heterocycles. The SMILES string of the molecule is CCOc1ccc(/C(O)=C2\C(=O)C(=O)N(c3cccc(Cl)c3C)C2c2ccc(O)c(OCC)c2)cc1. The van der Waals surface area contributed by atoms with Crippen LogP contribution in [0.15, 0.2) is 66.2 Å². The third-order valence-corrected chi connectivity index (χ3v) is 6.39. The maximum atomic E-state index is 13.4. The molecule has 3 aromatic carbocycles. The van der Waals surface area contributed by atoms with Gasteiger partial charge < -0.3 is 19.7 Å². The molecule has 1 saturated heterocycles. The molecule has 1 amide bonds. The number of aromatic hydroxyl groups is 1. The van der Waals surface area contributed by atoms with E-state index in [1.807, 2.05) is 6.92 Å². The van der Waals surface area contributed by atoms with Crippen molar-refractivity contribution in [1.29, 1.82) is 0 Å². The number of hydrogen-bond acceptors (Lipinski definition) is 6. The summed E-state index contributed by atoms with van der Waals surface area (Å²) in [5.74, 6) is -1.23. The highest BCUT2D eigenvalue weighted by molar-refractivity contribution is 6.52. The van der Waals surface area contributed by atoms with Crippen molar-refractivity contribution in [2.75, 3.05) is 18.1 Å². The third kappa shape index (κ3) is 4.50. The quantitative estimate of drug-likeness (QED) is 0.239. The Kier molecular flexibility index (Phi) is 7.22. The fraction of sp³-hybridized carbons (Fsp3) is 0.214. The number of phenolic OH excluding ortho intramolecular Hbond substituents is 1. The standard InChI is InChI=1S/C28H26ClNO6/c1-4-35-19-12-9-17(10-13-19)26(32)24-25(18-11-14-22(31)23(15-18)36-5-2)30(28(34)27(24)33)21-8-6-7-20(29)16(21)3/h6-15,25,31-32H,4-5H2,1-3H3/b26-24+. The predicted octanol–water partition coefficient (Wildman–Crippen LogP) is 5.78. The number of carbonyl (C=O) groups excluding carboxylic acids is 2. The Labute approximate surface area is 214 Å². The molecular weight excluding hydrogens is 482 g/mol. The Morgan fingerprint density at radius 3 is 2.36 bits per heavy atom. The molecule has 0 aliphatic carbocycles. The molecule has 3 aromatic rings. The predicted molar refractivity (Wildman–Crippen MR) is 138 cm³/mol. The molecule has 4 rings (SSSR count). The van der Waals surface area contributed by atoms with Crippen molar-refractivity contribution in [3.05, 3.63) is 87.9 Å². The number of anilines is 1. The van der Waals surface area contributed by atoms with Crippen LogP contribution < -0.4 is 14.4 Å². The largest absolute Gasteiger partial charge is 0.507 e. The average molecular weight is 508 g/mol. The van der Waals surface area contributed by atoms with Crippen molar-refractivity contribution in [1.82, 2.24) is 0 Å². The van der Waals surface area contributed by atoms with E-state index in [0.717, 1.165) is 0 Å². The van der Waals surface area contributed by atoms with Gasteiger partial charge in [-0.05, 0) is 80.4 Å². The van der Waals surface area contributed by atoms with E-state index in [1.54, 1.807) is 68.4 Å². The van der Waals surface area contributed by atoms with E-state index in [9.17, 15) is 19.8 Å². The second-order valence-corrected chi connectivity index (χ2v) is 8.58. The molecule has 0 saturated carbocycles. The number of hydrogen-bond donors (Lipinski definition) is 2. The van der Waals surface area contributed by atoms with E-state index in [1.165, 1.54) is 11.0 Å². The lowest BCUT2D eigenvalue weighted by Crippen LogP contribution is -2.30. The van der Waals surface area contributed by atoms with E-state index in [0.29, 0.717) is 46.4 Å². The van der Waals surface area contributed by atoms with Gasteiger partial charge >= 0.3 is 0 Å². The highest BCUT2D eigenvalue weighted by Crippen LogP contribution is 2.45. The molecule has 1 unspecified atom stereocenters. The van der Waals surface area contributed by atoms with Gasteiger partial charge in [-0.3, -0.25) is 14.5 Å². The minimum absolute atomic E-state index is 0.0806. The Hall–Kier alpha value is -3.97. The van der Waals surface area contributed by atoms with Crippen LogP contribution in [0.2, 0.25) is 5.02 Å². The lowest BCUT2D eigenvalue weighted by atomic mass is 9.94. The minimum atomic E-state index is -0.992. The average Bonchev–Trinajstić information content (AvgIpc) is 3.13. The number of benzene rings is 3. The number of ketones is 1. The normalized spacial score (nSPS) is 16.9. The summed E-state index contributed by atoms with van der Waals surface area (Å²) in [6.07, 6.45) is 0. The summed E-state index contributed by atoms with van der Waals surface area (Å²) >= 11 is 6.34. The van der Waals surface area contributed by atoms with Gasteiger partial charge in [-0.15, -0.1) is 0 Å². The number of nitrogens with zero attached hydrogens (tertiary/aromatic N) is 1. The van der Waals surface area contributed by atoms with Crippen LogP contribution in [-0.2, 0) is 9.59 Å². The Morgan fingerprint density at radius 1 is 1.00 bits per heavy atom. The van der Waals surface area contributed by atoms with Gasteiger partial charge in [0.05, 0.1) is 24.8 Å². The Balaban J connectivity index is 1.95. The molecule has 7 nitrogen and oxygen atoms in total. The minimum Gasteiger partial charge on any atom is -0.507 e. The van der Waals surface area contributed by atoms with Crippen LogP contribution in [0.3, 0.4) is 0 Å². The molecule has 0 bridgehead atoms. The van der Waals surface area contributed by atoms with Gasteiger partial charge in [0.2, 0.25) is 0 Å². The lowest BCUT2D eigenvalue weighted by molar-refractivity contribution is -0.132. The Bertz CT molecular complexity index is 1350. The van der Waals surface area contributed by atoms with E-state index in [2.05, 4.69) is 0 Å². The number of ether oxygens (including phenoxy) is 2. The van der Waals surface area contributed by atoms with Crippen molar-refractivity contribution in [2.24, 2.45) is 0 Å². The number of amides is 1. The highest BCUT2D eigenvalue weighted by Gasteiger charge is 2.47. The van der Waals surface area contributed by atoms with Crippen LogP contribution in [0.5, 0.6) is 17.2 Å². The van der Waals surface area contributed by atoms with Crippen molar-refractivity contribution >= 4 is 34.7 Å². The molecule has 1 aliphatic heterocycles. The first-order chi connectivity index (χ1) is 17.3. The zero-order valence-corrected chi connectivity index (χ0v) is 20.9. The van der Waals surface area contributed by atoms with Gasteiger partial charge in [0.25, 0.3) is 11.7 Å².